The SMILES string of the molecule is C=CN=C(CC(C)Cc1nccn1C)N(C)C. The Morgan fingerprint density at radius 1 is 1.65 bits per heavy atom. The first-order valence-electron chi connectivity index (χ1n) is 5.85. The number of imidazole rings is 1. The summed E-state index contributed by atoms with van der Waals surface area (Å²) in [7, 11) is 6.05. The second kappa shape index (κ2) is 6.23. The van der Waals surface area contributed by atoms with Crippen LogP contribution in [0.4, 0.5) is 0 Å². The average Bonchev–Trinajstić information content (AvgIpc) is 2.63. The van der Waals surface area contributed by atoms with Gasteiger partial charge < -0.3 is 9.47 Å². The predicted molar refractivity (Wildman–Crippen MR) is 72.0 cm³/mol. The van der Waals surface area contributed by atoms with Gasteiger partial charge in [-0.2, -0.15) is 0 Å². The third-order valence-corrected chi connectivity index (χ3v) is 2.74. The Morgan fingerprint density at radius 3 is 2.82 bits per heavy atom. The number of aromatic nitrogens is 2. The minimum absolute atomic E-state index is 0.511. The molecule has 0 amide bonds. The van der Waals surface area contributed by atoms with Crippen LogP contribution in [0.3, 0.4) is 0 Å². The lowest BCUT2D eigenvalue weighted by atomic mass is 10.0. The largest absolute Gasteiger partial charge is 0.366 e. The van der Waals surface area contributed by atoms with Crippen molar-refractivity contribution in [3.8, 4) is 0 Å². The van der Waals surface area contributed by atoms with E-state index in [1.54, 1.807) is 6.20 Å². The minimum Gasteiger partial charge on any atom is -0.366 e. The highest BCUT2D eigenvalue weighted by molar-refractivity contribution is 5.82. The molecule has 0 aromatic carbocycles. The van der Waals surface area contributed by atoms with Crippen molar-refractivity contribution in [2.24, 2.45) is 18.0 Å². The van der Waals surface area contributed by atoms with Gasteiger partial charge in [0.2, 0.25) is 0 Å². The molecule has 0 aliphatic heterocycles. The summed E-state index contributed by atoms with van der Waals surface area (Å²) < 4.78 is 2.07. The molecule has 1 heterocycles. The van der Waals surface area contributed by atoms with E-state index in [2.05, 4.69) is 28.0 Å². The Kier molecular flexibility index (Phi) is 4.94. The fourth-order valence-corrected chi connectivity index (χ4v) is 1.74. The van der Waals surface area contributed by atoms with Crippen LogP contribution in [0.5, 0.6) is 0 Å². The topological polar surface area (TPSA) is 33.4 Å². The van der Waals surface area contributed by atoms with Gasteiger partial charge in [-0.15, -0.1) is 0 Å². The maximum absolute atomic E-state index is 4.34. The summed E-state index contributed by atoms with van der Waals surface area (Å²) in [6.07, 6.45) is 7.32. The Bertz CT molecular complexity index is 390. The molecule has 0 aliphatic rings. The standard InChI is InChI=1S/C13H22N4/c1-6-14-12(16(3)4)9-11(2)10-13-15-7-8-17(13)5/h6-8,11H,1,9-10H2,2-5H3. The van der Waals surface area contributed by atoms with Crippen molar-refractivity contribution in [2.45, 2.75) is 19.8 Å². The zero-order chi connectivity index (χ0) is 12.8. The van der Waals surface area contributed by atoms with Gasteiger partial charge in [0.1, 0.15) is 11.7 Å². The number of rotatable bonds is 5. The van der Waals surface area contributed by atoms with Crippen molar-refractivity contribution in [2.75, 3.05) is 14.1 Å². The molecule has 0 aliphatic carbocycles. The van der Waals surface area contributed by atoms with Gasteiger partial charge >= 0.3 is 0 Å². The Labute approximate surface area is 104 Å². The number of hydrogen-bond donors (Lipinski definition) is 0. The van der Waals surface area contributed by atoms with E-state index >= 15 is 0 Å². The van der Waals surface area contributed by atoms with E-state index in [1.807, 2.05) is 38.4 Å². The van der Waals surface area contributed by atoms with Gasteiger partial charge in [-0.05, 0) is 5.92 Å². The molecule has 4 heteroatoms. The molecular weight excluding hydrogens is 212 g/mol. The van der Waals surface area contributed by atoms with Gasteiger partial charge in [0.05, 0.1) is 0 Å². The molecular formula is C13H22N4. The molecule has 1 unspecified atom stereocenters. The van der Waals surface area contributed by atoms with Crippen molar-refractivity contribution in [3.63, 3.8) is 0 Å². The summed E-state index contributed by atoms with van der Waals surface area (Å²) in [6.45, 7) is 5.87. The molecule has 0 saturated carbocycles. The highest BCUT2D eigenvalue weighted by Gasteiger charge is 2.11. The average molecular weight is 234 g/mol. The van der Waals surface area contributed by atoms with E-state index in [4.69, 9.17) is 0 Å². The van der Waals surface area contributed by atoms with Crippen molar-refractivity contribution in [1.82, 2.24) is 14.5 Å². The Morgan fingerprint density at radius 2 is 2.35 bits per heavy atom. The molecule has 0 spiro atoms. The second-order valence-corrected chi connectivity index (χ2v) is 4.59. The first-order valence-corrected chi connectivity index (χ1v) is 5.85. The van der Waals surface area contributed by atoms with Gasteiger partial charge in [0.15, 0.2) is 0 Å². The van der Waals surface area contributed by atoms with E-state index in [-0.39, 0.29) is 0 Å². The summed E-state index contributed by atoms with van der Waals surface area (Å²) in [5.74, 6) is 2.69. The maximum atomic E-state index is 4.34. The van der Waals surface area contributed by atoms with Crippen molar-refractivity contribution in [3.05, 3.63) is 31.0 Å². The van der Waals surface area contributed by atoms with Crippen LogP contribution in [0.25, 0.3) is 0 Å². The van der Waals surface area contributed by atoms with Crippen molar-refractivity contribution in [1.29, 1.82) is 0 Å². The van der Waals surface area contributed by atoms with E-state index in [0.717, 1.165) is 24.5 Å². The Balaban J connectivity index is 2.60. The molecule has 0 saturated heterocycles. The summed E-state index contributed by atoms with van der Waals surface area (Å²) in [4.78, 5) is 10.7. The normalized spacial score (nSPS) is 13.5. The fraction of sp³-hybridized carbons (Fsp3) is 0.538. The summed E-state index contributed by atoms with van der Waals surface area (Å²) in [6, 6.07) is 0. The number of nitrogens with zero attached hydrogens (tertiary/aromatic N) is 4. The number of aryl methyl sites for hydroxylation is 1. The van der Waals surface area contributed by atoms with E-state index in [0.29, 0.717) is 5.92 Å². The molecule has 0 N–H and O–H groups in total. The number of hydrogen-bond acceptors (Lipinski definition) is 2. The molecule has 0 fully saturated rings. The molecule has 17 heavy (non-hydrogen) atoms. The monoisotopic (exact) mass is 234 g/mol. The lowest BCUT2D eigenvalue weighted by Crippen LogP contribution is -2.24. The summed E-state index contributed by atoms with van der Waals surface area (Å²) in [5.41, 5.74) is 0. The molecule has 4 nitrogen and oxygen atoms in total. The maximum Gasteiger partial charge on any atom is 0.108 e. The van der Waals surface area contributed by atoms with Gasteiger partial charge in [-0.3, -0.25) is 0 Å². The third-order valence-electron chi connectivity index (χ3n) is 2.74. The van der Waals surface area contributed by atoms with Gasteiger partial charge in [-0.25, -0.2) is 9.98 Å². The highest BCUT2D eigenvalue weighted by Crippen LogP contribution is 2.12. The van der Waals surface area contributed by atoms with Crippen LogP contribution in [0.2, 0.25) is 0 Å². The molecule has 0 bridgehead atoms. The van der Waals surface area contributed by atoms with Crippen LogP contribution in [0.15, 0.2) is 30.2 Å². The number of aliphatic imine (C=N–C) groups is 1. The van der Waals surface area contributed by atoms with Crippen LogP contribution in [0, 0.1) is 5.92 Å². The van der Waals surface area contributed by atoms with Crippen LogP contribution in [-0.2, 0) is 13.5 Å². The van der Waals surface area contributed by atoms with E-state index in [9.17, 15) is 0 Å². The predicted octanol–water partition coefficient (Wildman–Crippen LogP) is 2.09. The van der Waals surface area contributed by atoms with E-state index < -0.39 is 0 Å². The molecule has 1 aromatic heterocycles. The van der Waals surface area contributed by atoms with Crippen LogP contribution < -0.4 is 0 Å². The van der Waals surface area contributed by atoms with Crippen LogP contribution in [-0.4, -0.2) is 34.4 Å². The third kappa shape index (κ3) is 4.06. The first-order chi connectivity index (χ1) is 8.04. The summed E-state index contributed by atoms with van der Waals surface area (Å²) in [5, 5.41) is 0. The molecule has 1 rings (SSSR count). The van der Waals surface area contributed by atoms with Crippen LogP contribution in [0.1, 0.15) is 19.2 Å². The van der Waals surface area contributed by atoms with Gasteiger partial charge in [0.25, 0.3) is 0 Å². The minimum atomic E-state index is 0.511. The summed E-state index contributed by atoms with van der Waals surface area (Å²) >= 11 is 0. The molecule has 1 aromatic rings. The smallest absolute Gasteiger partial charge is 0.108 e. The van der Waals surface area contributed by atoms with Crippen LogP contribution >= 0.6 is 0 Å². The Hall–Kier alpha value is -1.58. The quantitative estimate of drug-likeness (QED) is 0.577. The fourth-order valence-electron chi connectivity index (χ4n) is 1.74. The molecule has 0 radical (unpaired) electrons. The zero-order valence-electron chi connectivity index (χ0n) is 11.2. The van der Waals surface area contributed by atoms with Gasteiger partial charge in [0, 0.05) is 52.6 Å². The first kappa shape index (κ1) is 13.5. The highest BCUT2D eigenvalue weighted by atomic mass is 15.1. The number of amidine groups is 1. The van der Waals surface area contributed by atoms with Gasteiger partial charge in [-0.1, -0.05) is 13.5 Å². The van der Waals surface area contributed by atoms with Crippen molar-refractivity contribution < 1.29 is 0 Å². The van der Waals surface area contributed by atoms with E-state index in [1.165, 1.54) is 0 Å². The lowest BCUT2D eigenvalue weighted by Gasteiger charge is -2.19. The molecule has 1 atom stereocenters. The van der Waals surface area contributed by atoms with Crippen molar-refractivity contribution >= 4 is 5.84 Å². The lowest BCUT2D eigenvalue weighted by molar-refractivity contribution is 0.523. The second-order valence-electron chi connectivity index (χ2n) is 4.59. The molecule has 94 valence electrons. The zero-order valence-corrected chi connectivity index (χ0v) is 11.2.